The summed E-state index contributed by atoms with van der Waals surface area (Å²) in [4.78, 5) is 7.15. The van der Waals surface area contributed by atoms with Gasteiger partial charge in [-0.2, -0.15) is 0 Å². The fraction of sp³-hybridized carbons (Fsp3) is 0. The largest absolute Gasteiger partial charge is 0.456 e. The highest BCUT2D eigenvalue weighted by Crippen LogP contribution is 2.45. The topological polar surface area (TPSA) is 29.3 Å². The minimum atomic E-state index is 0.861. The van der Waals surface area contributed by atoms with Gasteiger partial charge in [0, 0.05) is 39.0 Å². The molecule has 226 valence electrons. The average molecular weight is 615 g/mol. The number of aromatic nitrogens is 1. The van der Waals surface area contributed by atoms with Crippen molar-refractivity contribution in [2.75, 3.05) is 4.90 Å². The Balaban J connectivity index is 1.24. The number of fused-ring (bicyclic) bond motifs is 4. The van der Waals surface area contributed by atoms with E-state index in [0.29, 0.717) is 0 Å². The monoisotopic (exact) mass is 614 g/mol. The van der Waals surface area contributed by atoms with Crippen LogP contribution in [-0.2, 0) is 0 Å². The zero-order valence-electron chi connectivity index (χ0n) is 26.1. The summed E-state index contributed by atoms with van der Waals surface area (Å²) >= 11 is 0. The number of hydrogen-bond acceptors (Lipinski definition) is 3. The number of nitrogens with zero attached hydrogens (tertiary/aromatic N) is 2. The maximum Gasteiger partial charge on any atom is 0.136 e. The van der Waals surface area contributed by atoms with Gasteiger partial charge in [-0.1, -0.05) is 133 Å². The van der Waals surface area contributed by atoms with E-state index in [1.807, 2.05) is 24.5 Å². The highest BCUT2D eigenvalue weighted by molar-refractivity contribution is 6.13. The first-order valence-corrected chi connectivity index (χ1v) is 16.2. The molecule has 48 heavy (non-hydrogen) atoms. The normalized spacial score (nSPS) is 11.3. The van der Waals surface area contributed by atoms with Crippen LogP contribution in [0.25, 0.3) is 66.1 Å². The molecule has 0 bridgehead atoms. The molecule has 9 aromatic rings. The van der Waals surface area contributed by atoms with Crippen LogP contribution in [0.3, 0.4) is 0 Å². The summed E-state index contributed by atoms with van der Waals surface area (Å²) in [6.45, 7) is 0. The van der Waals surface area contributed by atoms with Crippen LogP contribution < -0.4 is 4.90 Å². The Hall–Kier alpha value is -6.45. The number of anilines is 3. The maximum atomic E-state index is 6.38. The molecule has 7 aromatic carbocycles. The molecule has 0 N–H and O–H groups in total. The predicted octanol–water partition coefficient (Wildman–Crippen LogP) is 12.6. The molecule has 0 amide bonds. The van der Waals surface area contributed by atoms with Crippen LogP contribution in [0.5, 0.6) is 0 Å². The van der Waals surface area contributed by atoms with Crippen molar-refractivity contribution in [3.8, 4) is 33.4 Å². The number of pyridine rings is 1. The van der Waals surface area contributed by atoms with Crippen molar-refractivity contribution in [3.63, 3.8) is 0 Å². The third kappa shape index (κ3) is 4.90. The lowest BCUT2D eigenvalue weighted by Crippen LogP contribution is -2.12. The second-order valence-corrected chi connectivity index (χ2v) is 12.0. The molecular weight excluding hydrogens is 585 g/mol. The highest BCUT2D eigenvalue weighted by Gasteiger charge is 2.21. The summed E-state index contributed by atoms with van der Waals surface area (Å²) in [5.74, 6) is 0. The number of furan rings is 1. The molecular formula is C45H30N2O. The van der Waals surface area contributed by atoms with Crippen molar-refractivity contribution in [2.45, 2.75) is 0 Å². The van der Waals surface area contributed by atoms with Crippen molar-refractivity contribution in [1.82, 2.24) is 4.98 Å². The Bertz CT molecular complexity index is 2550. The van der Waals surface area contributed by atoms with Gasteiger partial charge >= 0.3 is 0 Å². The van der Waals surface area contributed by atoms with E-state index in [0.717, 1.165) is 72.0 Å². The zero-order chi connectivity index (χ0) is 31.9. The van der Waals surface area contributed by atoms with Crippen molar-refractivity contribution in [1.29, 1.82) is 0 Å². The van der Waals surface area contributed by atoms with Crippen LogP contribution >= 0.6 is 0 Å². The van der Waals surface area contributed by atoms with Gasteiger partial charge in [-0.25, -0.2) is 0 Å². The Labute approximate surface area is 279 Å². The molecule has 0 radical (unpaired) electrons. The van der Waals surface area contributed by atoms with E-state index < -0.39 is 0 Å². The first-order chi connectivity index (χ1) is 23.8. The van der Waals surface area contributed by atoms with Crippen LogP contribution in [-0.4, -0.2) is 4.98 Å². The van der Waals surface area contributed by atoms with E-state index in [1.165, 1.54) is 11.1 Å². The van der Waals surface area contributed by atoms with E-state index in [2.05, 4.69) is 163 Å². The Morgan fingerprint density at radius 3 is 1.85 bits per heavy atom. The van der Waals surface area contributed by atoms with Gasteiger partial charge in [-0.05, 0) is 64.2 Å². The fourth-order valence-corrected chi connectivity index (χ4v) is 6.80. The van der Waals surface area contributed by atoms with Crippen LogP contribution in [0, 0.1) is 0 Å². The quantitative estimate of drug-likeness (QED) is 0.187. The molecule has 0 saturated carbocycles. The summed E-state index contributed by atoms with van der Waals surface area (Å²) in [6.07, 6.45) is 3.92. The summed E-state index contributed by atoms with van der Waals surface area (Å²) in [5.41, 5.74) is 11.8. The van der Waals surface area contributed by atoms with Gasteiger partial charge < -0.3 is 9.32 Å². The SMILES string of the molecule is c1ccc(-c2ccc(-c3cccc(N(c4ccccc4-c4ccccc4)c4cncc5cc6c(cc45)oc4ccccc46)c3)cc2)cc1. The zero-order valence-corrected chi connectivity index (χ0v) is 26.1. The molecule has 9 rings (SSSR count). The highest BCUT2D eigenvalue weighted by atomic mass is 16.3. The van der Waals surface area contributed by atoms with Gasteiger partial charge in [0.1, 0.15) is 11.2 Å². The molecule has 0 aliphatic carbocycles. The summed E-state index contributed by atoms with van der Waals surface area (Å²) < 4.78 is 6.38. The van der Waals surface area contributed by atoms with Crippen molar-refractivity contribution in [2.24, 2.45) is 0 Å². The van der Waals surface area contributed by atoms with E-state index >= 15 is 0 Å². The van der Waals surface area contributed by atoms with Gasteiger partial charge in [0.05, 0.1) is 17.6 Å². The summed E-state index contributed by atoms with van der Waals surface area (Å²) in [7, 11) is 0. The second kappa shape index (κ2) is 11.7. The van der Waals surface area contributed by atoms with Gasteiger partial charge in [-0.15, -0.1) is 0 Å². The number of hydrogen-bond donors (Lipinski definition) is 0. The Kier molecular flexibility index (Phi) is 6.80. The molecule has 0 spiro atoms. The lowest BCUT2D eigenvalue weighted by atomic mass is 9.98. The first-order valence-electron chi connectivity index (χ1n) is 16.2. The van der Waals surface area contributed by atoms with E-state index in [9.17, 15) is 0 Å². The lowest BCUT2D eigenvalue weighted by molar-refractivity contribution is 0.669. The standard InChI is InChI=1S/C45H30N2O/c1-3-12-31(13-4-1)32-22-24-33(25-23-32)35-16-11-17-37(26-35)47(42-20-9-7-18-38(42)34-14-5-2-6-15-34)43-30-46-29-36-27-41-39-19-8-10-21-44(39)48-45(41)28-40(36)43/h1-30H. The van der Waals surface area contributed by atoms with Crippen LogP contribution in [0.2, 0.25) is 0 Å². The van der Waals surface area contributed by atoms with Crippen molar-refractivity contribution < 1.29 is 4.42 Å². The Morgan fingerprint density at radius 1 is 0.396 bits per heavy atom. The van der Waals surface area contributed by atoms with Gasteiger partial charge in [0.2, 0.25) is 0 Å². The molecule has 3 heteroatoms. The van der Waals surface area contributed by atoms with E-state index in [1.54, 1.807) is 0 Å². The molecule has 0 aliphatic heterocycles. The minimum Gasteiger partial charge on any atom is -0.456 e. The average Bonchev–Trinajstić information content (AvgIpc) is 3.53. The van der Waals surface area contributed by atoms with Gasteiger partial charge in [0.25, 0.3) is 0 Å². The third-order valence-corrected chi connectivity index (χ3v) is 9.14. The molecule has 2 heterocycles. The fourth-order valence-electron chi connectivity index (χ4n) is 6.80. The molecule has 0 unspecified atom stereocenters. The minimum absolute atomic E-state index is 0.861. The molecule has 0 fully saturated rings. The van der Waals surface area contributed by atoms with Crippen molar-refractivity contribution in [3.05, 3.63) is 182 Å². The van der Waals surface area contributed by atoms with Gasteiger partial charge in [0.15, 0.2) is 0 Å². The number of benzene rings is 7. The van der Waals surface area contributed by atoms with Crippen LogP contribution in [0.1, 0.15) is 0 Å². The van der Waals surface area contributed by atoms with E-state index in [4.69, 9.17) is 9.40 Å². The summed E-state index contributed by atoms with van der Waals surface area (Å²) in [5, 5.41) is 4.32. The number of para-hydroxylation sites is 2. The molecule has 0 aliphatic rings. The smallest absolute Gasteiger partial charge is 0.136 e. The predicted molar refractivity (Wildman–Crippen MR) is 200 cm³/mol. The van der Waals surface area contributed by atoms with Crippen LogP contribution in [0.4, 0.5) is 17.1 Å². The number of rotatable bonds is 6. The van der Waals surface area contributed by atoms with Crippen molar-refractivity contribution >= 4 is 49.8 Å². The van der Waals surface area contributed by atoms with Crippen LogP contribution in [0.15, 0.2) is 187 Å². The molecule has 2 aromatic heterocycles. The first kappa shape index (κ1) is 27.8. The molecule has 0 atom stereocenters. The third-order valence-electron chi connectivity index (χ3n) is 9.14. The molecule has 3 nitrogen and oxygen atoms in total. The maximum absolute atomic E-state index is 6.38. The summed E-state index contributed by atoms with van der Waals surface area (Å²) in [6, 6.07) is 59.9. The Morgan fingerprint density at radius 2 is 1.04 bits per heavy atom. The second-order valence-electron chi connectivity index (χ2n) is 12.0. The lowest BCUT2D eigenvalue weighted by Gasteiger charge is -2.29. The molecule has 0 saturated heterocycles. The van der Waals surface area contributed by atoms with Gasteiger partial charge in [-0.3, -0.25) is 4.98 Å². The van der Waals surface area contributed by atoms with E-state index in [-0.39, 0.29) is 0 Å².